The highest BCUT2D eigenvalue weighted by molar-refractivity contribution is 5.64. The Morgan fingerprint density at radius 3 is 2.59 bits per heavy atom. The van der Waals surface area contributed by atoms with Gasteiger partial charge in [-0.3, -0.25) is 4.90 Å². The molecule has 140 valence electrons. The normalized spacial score (nSPS) is 17.1. The van der Waals surface area contributed by atoms with Crippen molar-refractivity contribution in [3.8, 4) is 22.6 Å². The average molecular weight is 363 g/mol. The summed E-state index contributed by atoms with van der Waals surface area (Å²) in [6, 6.07) is 9.98. The monoisotopic (exact) mass is 363 g/mol. The molecule has 0 atom stereocenters. The van der Waals surface area contributed by atoms with Gasteiger partial charge in [0.25, 0.3) is 0 Å². The molecule has 0 saturated carbocycles. The highest BCUT2D eigenvalue weighted by atomic mass is 16.5. The third-order valence-corrected chi connectivity index (χ3v) is 5.02. The van der Waals surface area contributed by atoms with Gasteiger partial charge in [0.05, 0.1) is 12.2 Å². The molecule has 2 aromatic heterocycles. The number of rotatable bonds is 4. The lowest BCUT2D eigenvalue weighted by Crippen LogP contribution is -2.39. The molecule has 6 heteroatoms. The standard InChI is InChI=1S/C21H25N5O/c1-15-22-11-9-18(23-15)16-5-7-17(8-6-16)20-24-19(27-25-20)13-26-12-4-10-21(2,3)14-26/h5-9,11H,4,10,12-14H2,1-3H3. The van der Waals surface area contributed by atoms with Crippen LogP contribution in [0.15, 0.2) is 41.1 Å². The Morgan fingerprint density at radius 1 is 1.07 bits per heavy atom. The summed E-state index contributed by atoms with van der Waals surface area (Å²) in [5.41, 5.74) is 3.26. The minimum absolute atomic E-state index is 0.357. The van der Waals surface area contributed by atoms with Crippen molar-refractivity contribution in [1.82, 2.24) is 25.0 Å². The predicted molar refractivity (Wildman–Crippen MR) is 104 cm³/mol. The molecule has 1 aromatic carbocycles. The van der Waals surface area contributed by atoms with E-state index in [-0.39, 0.29) is 0 Å². The van der Waals surface area contributed by atoms with Gasteiger partial charge in [-0.25, -0.2) is 9.97 Å². The van der Waals surface area contributed by atoms with Crippen molar-refractivity contribution in [3.05, 3.63) is 48.2 Å². The molecule has 1 aliphatic heterocycles. The van der Waals surface area contributed by atoms with Crippen molar-refractivity contribution in [2.75, 3.05) is 13.1 Å². The number of aryl methyl sites for hydroxylation is 1. The minimum atomic E-state index is 0.357. The Balaban J connectivity index is 1.47. The maximum absolute atomic E-state index is 5.50. The molecule has 3 aromatic rings. The first-order chi connectivity index (χ1) is 13.0. The van der Waals surface area contributed by atoms with Crippen LogP contribution in [-0.2, 0) is 6.54 Å². The van der Waals surface area contributed by atoms with Crippen molar-refractivity contribution in [3.63, 3.8) is 0 Å². The van der Waals surface area contributed by atoms with Crippen LogP contribution in [0.3, 0.4) is 0 Å². The van der Waals surface area contributed by atoms with Crippen molar-refractivity contribution >= 4 is 0 Å². The van der Waals surface area contributed by atoms with E-state index in [1.807, 2.05) is 37.3 Å². The summed E-state index contributed by atoms with van der Waals surface area (Å²) in [6.07, 6.45) is 4.27. The smallest absolute Gasteiger partial charge is 0.241 e. The van der Waals surface area contributed by atoms with Crippen LogP contribution < -0.4 is 0 Å². The van der Waals surface area contributed by atoms with E-state index in [1.54, 1.807) is 6.20 Å². The van der Waals surface area contributed by atoms with Crippen molar-refractivity contribution < 1.29 is 4.52 Å². The zero-order valence-electron chi connectivity index (χ0n) is 16.1. The topological polar surface area (TPSA) is 67.9 Å². The molecule has 0 spiro atoms. The number of piperidine rings is 1. The molecule has 0 N–H and O–H groups in total. The maximum atomic E-state index is 5.50. The highest BCUT2D eigenvalue weighted by Crippen LogP contribution is 2.29. The fourth-order valence-electron chi connectivity index (χ4n) is 3.71. The average Bonchev–Trinajstić information content (AvgIpc) is 3.09. The molecule has 1 aliphatic rings. The fourth-order valence-corrected chi connectivity index (χ4v) is 3.71. The molecule has 1 saturated heterocycles. The van der Waals surface area contributed by atoms with Gasteiger partial charge < -0.3 is 4.52 Å². The summed E-state index contributed by atoms with van der Waals surface area (Å²) in [7, 11) is 0. The van der Waals surface area contributed by atoms with Gasteiger partial charge in [-0.15, -0.1) is 0 Å². The number of likely N-dealkylation sites (tertiary alicyclic amines) is 1. The van der Waals surface area contributed by atoms with Crippen LogP contribution in [0.4, 0.5) is 0 Å². The van der Waals surface area contributed by atoms with Gasteiger partial charge in [0.1, 0.15) is 5.82 Å². The van der Waals surface area contributed by atoms with Crippen LogP contribution in [0.1, 0.15) is 38.4 Å². The van der Waals surface area contributed by atoms with Crippen LogP contribution in [0.25, 0.3) is 22.6 Å². The van der Waals surface area contributed by atoms with E-state index < -0.39 is 0 Å². The Labute approximate surface area is 159 Å². The van der Waals surface area contributed by atoms with Gasteiger partial charge >= 0.3 is 0 Å². The lowest BCUT2D eigenvalue weighted by Gasteiger charge is -2.37. The second-order valence-electron chi connectivity index (χ2n) is 8.06. The van der Waals surface area contributed by atoms with Gasteiger partial charge in [0.15, 0.2) is 0 Å². The van der Waals surface area contributed by atoms with Gasteiger partial charge in [0, 0.05) is 23.9 Å². The van der Waals surface area contributed by atoms with Crippen LogP contribution in [0, 0.1) is 12.3 Å². The summed E-state index contributed by atoms with van der Waals surface area (Å²) in [5, 5.41) is 4.17. The lowest BCUT2D eigenvalue weighted by molar-refractivity contribution is 0.101. The molecule has 1 fully saturated rings. The summed E-state index contributed by atoms with van der Waals surface area (Å²) in [4.78, 5) is 15.6. The van der Waals surface area contributed by atoms with E-state index in [0.29, 0.717) is 23.7 Å². The largest absolute Gasteiger partial charge is 0.338 e. The molecule has 0 radical (unpaired) electrons. The Morgan fingerprint density at radius 2 is 1.85 bits per heavy atom. The van der Waals surface area contributed by atoms with Crippen LogP contribution >= 0.6 is 0 Å². The van der Waals surface area contributed by atoms with Gasteiger partial charge in [-0.1, -0.05) is 43.3 Å². The third-order valence-electron chi connectivity index (χ3n) is 5.02. The van der Waals surface area contributed by atoms with Gasteiger partial charge in [-0.2, -0.15) is 4.98 Å². The Bertz CT molecular complexity index is 916. The van der Waals surface area contributed by atoms with E-state index >= 15 is 0 Å². The SMILES string of the molecule is Cc1nccc(-c2ccc(-c3noc(CN4CCCC(C)(C)C4)n3)cc2)n1. The Hall–Kier alpha value is -2.60. The van der Waals surface area contributed by atoms with Crippen LogP contribution in [0.5, 0.6) is 0 Å². The fraction of sp³-hybridized carbons (Fsp3) is 0.429. The van der Waals surface area contributed by atoms with E-state index in [4.69, 9.17) is 4.52 Å². The second-order valence-corrected chi connectivity index (χ2v) is 8.06. The first-order valence-corrected chi connectivity index (χ1v) is 9.44. The molecule has 3 heterocycles. The third kappa shape index (κ3) is 4.22. The summed E-state index contributed by atoms with van der Waals surface area (Å²) >= 11 is 0. The summed E-state index contributed by atoms with van der Waals surface area (Å²) in [6.45, 7) is 9.40. The number of aromatic nitrogens is 4. The number of nitrogens with zero attached hydrogens (tertiary/aromatic N) is 5. The van der Waals surface area contributed by atoms with Gasteiger partial charge in [-0.05, 0) is 37.8 Å². The Kier molecular flexibility index (Phi) is 4.74. The summed E-state index contributed by atoms with van der Waals surface area (Å²) < 4.78 is 5.50. The number of hydrogen-bond acceptors (Lipinski definition) is 6. The van der Waals surface area contributed by atoms with E-state index in [1.165, 1.54) is 12.8 Å². The van der Waals surface area contributed by atoms with E-state index in [0.717, 1.165) is 35.7 Å². The minimum Gasteiger partial charge on any atom is -0.338 e. The quantitative estimate of drug-likeness (QED) is 0.694. The maximum Gasteiger partial charge on any atom is 0.241 e. The molecule has 6 nitrogen and oxygen atoms in total. The number of hydrogen-bond donors (Lipinski definition) is 0. The van der Waals surface area contributed by atoms with Crippen molar-refractivity contribution in [2.24, 2.45) is 5.41 Å². The molecule has 4 rings (SSSR count). The zero-order chi connectivity index (χ0) is 18.9. The van der Waals surface area contributed by atoms with Crippen molar-refractivity contribution in [2.45, 2.75) is 40.2 Å². The number of benzene rings is 1. The molecular formula is C21H25N5O. The molecule has 0 bridgehead atoms. The van der Waals surface area contributed by atoms with Gasteiger partial charge in [0.2, 0.25) is 11.7 Å². The first-order valence-electron chi connectivity index (χ1n) is 9.44. The molecule has 27 heavy (non-hydrogen) atoms. The first kappa shape index (κ1) is 17.8. The lowest BCUT2D eigenvalue weighted by atomic mass is 9.84. The molecule has 0 amide bonds. The predicted octanol–water partition coefficient (Wildman–Crippen LogP) is 4.12. The zero-order valence-corrected chi connectivity index (χ0v) is 16.1. The molecule has 0 unspecified atom stereocenters. The summed E-state index contributed by atoms with van der Waals surface area (Å²) in [5.74, 6) is 2.07. The van der Waals surface area contributed by atoms with E-state index in [2.05, 4.69) is 38.9 Å². The second kappa shape index (κ2) is 7.19. The van der Waals surface area contributed by atoms with E-state index in [9.17, 15) is 0 Å². The van der Waals surface area contributed by atoms with Crippen LogP contribution in [0.2, 0.25) is 0 Å². The van der Waals surface area contributed by atoms with Crippen LogP contribution in [-0.4, -0.2) is 38.1 Å². The molecular weight excluding hydrogens is 338 g/mol. The molecule has 0 aliphatic carbocycles. The highest BCUT2D eigenvalue weighted by Gasteiger charge is 2.27. The van der Waals surface area contributed by atoms with Crippen molar-refractivity contribution in [1.29, 1.82) is 0 Å².